The summed E-state index contributed by atoms with van der Waals surface area (Å²) in [6.07, 6.45) is 1.58. The third kappa shape index (κ3) is 4.71. The smallest absolute Gasteiger partial charge is 0.0802 e. The Bertz CT molecular complexity index is 339. The predicted molar refractivity (Wildman–Crippen MR) is 80.7 cm³/mol. The molecule has 0 amide bonds. The average Bonchev–Trinajstić information content (AvgIpc) is 2.39. The number of rotatable bonds is 7. The van der Waals surface area contributed by atoms with E-state index in [1.54, 1.807) is 0 Å². The van der Waals surface area contributed by atoms with Gasteiger partial charge in [-0.25, -0.2) is 0 Å². The van der Waals surface area contributed by atoms with Crippen LogP contribution >= 0.6 is 15.9 Å². The Kier molecular flexibility index (Phi) is 6.90. The van der Waals surface area contributed by atoms with Gasteiger partial charge in [0.2, 0.25) is 0 Å². The van der Waals surface area contributed by atoms with Gasteiger partial charge in [0.1, 0.15) is 0 Å². The van der Waals surface area contributed by atoms with Crippen LogP contribution in [0.4, 0.5) is 0 Å². The van der Waals surface area contributed by atoms with Crippen LogP contribution in [0.3, 0.4) is 0 Å². The summed E-state index contributed by atoms with van der Waals surface area (Å²) in [5.74, 6) is 0. The largest absolute Gasteiger partial charge is 0.388 e. The molecule has 0 fully saturated rings. The van der Waals surface area contributed by atoms with Crippen molar-refractivity contribution in [3.63, 3.8) is 0 Å². The fraction of sp³-hybridized carbons (Fsp3) is 0.600. The van der Waals surface area contributed by atoms with Gasteiger partial charge < -0.3 is 10.0 Å². The lowest BCUT2D eigenvalue weighted by molar-refractivity contribution is 0.128. The van der Waals surface area contributed by atoms with Crippen LogP contribution in [0.2, 0.25) is 0 Å². The fourth-order valence-electron chi connectivity index (χ4n) is 2.09. The molecule has 0 saturated heterocycles. The lowest BCUT2D eigenvalue weighted by atomic mass is 10.1. The maximum atomic E-state index is 10.2. The summed E-state index contributed by atoms with van der Waals surface area (Å²) >= 11 is 3.41. The highest BCUT2D eigenvalue weighted by molar-refractivity contribution is 9.10. The fourth-order valence-corrected chi connectivity index (χ4v) is 2.35. The molecule has 2 unspecified atom stereocenters. The number of nitrogens with zero attached hydrogens (tertiary/aromatic N) is 1. The molecule has 2 nitrogen and oxygen atoms in total. The van der Waals surface area contributed by atoms with E-state index in [0.29, 0.717) is 6.04 Å². The van der Waals surface area contributed by atoms with Crippen LogP contribution in [0, 0.1) is 0 Å². The van der Waals surface area contributed by atoms with Gasteiger partial charge in [0.05, 0.1) is 6.10 Å². The Labute approximate surface area is 119 Å². The third-order valence-electron chi connectivity index (χ3n) is 3.56. The zero-order chi connectivity index (χ0) is 13.5. The van der Waals surface area contributed by atoms with Gasteiger partial charge in [0.25, 0.3) is 0 Å². The van der Waals surface area contributed by atoms with Gasteiger partial charge in [0, 0.05) is 17.1 Å². The van der Waals surface area contributed by atoms with Gasteiger partial charge in [-0.1, -0.05) is 41.9 Å². The molecule has 0 radical (unpaired) electrons. The molecule has 1 rings (SSSR count). The van der Waals surface area contributed by atoms with Crippen molar-refractivity contribution in [2.75, 3.05) is 13.1 Å². The summed E-state index contributed by atoms with van der Waals surface area (Å²) in [5, 5.41) is 10.2. The van der Waals surface area contributed by atoms with Crippen molar-refractivity contribution in [3.8, 4) is 0 Å². The summed E-state index contributed by atoms with van der Waals surface area (Å²) in [6, 6.07) is 8.50. The second kappa shape index (κ2) is 7.93. The molecular weight excluding hydrogens is 290 g/mol. The summed E-state index contributed by atoms with van der Waals surface area (Å²) in [4.78, 5) is 2.42. The van der Waals surface area contributed by atoms with Crippen LogP contribution in [-0.4, -0.2) is 29.1 Å². The molecule has 1 N–H and O–H groups in total. The van der Waals surface area contributed by atoms with E-state index in [0.717, 1.165) is 36.0 Å². The van der Waals surface area contributed by atoms with Gasteiger partial charge in [-0.05, 0) is 44.0 Å². The van der Waals surface area contributed by atoms with E-state index in [9.17, 15) is 5.11 Å². The van der Waals surface area contributed by atoms with Crippen LogP contribution in [0.1, 0.15) is 45.3 Å². The van der Waals surface area contributed by atoms with Crippen molar-refractivity contribution in [2.45, 2.75) is 45.8 Å². The molecule has 0 aliphatic rings. The van der Waals surface area contributed by atoms with Crippen molar-refractivity contribution < 1.29 is 5.11 Å². The van der Waals surface area contributed by atoms with Crippen molar-refractivity contribution >= 4 is 15.9 Å². The Morgan fingerprint density at radius 1 is 1.22 bits per heavy atom. The lowest BCUT2D eigenvalue weighted by Crippen LogP contribution is -2.33. The summed E-state index contributed by atoms with van der Waals surface area (Å²) in [6.45, 7) is 8.62. The second-order valence-electron chi connectivity index (χ2n) is 4.74. The van der Waals surface area contributed by atoms with E-state index >= 15 is 0 Å². The van der Waals surface area contributed by atoms with Crippen LogP contribution < -0.4 is 0 Å². The Balaban J connectivity index is 2.49. The number of hydrogen-bond acceptors (Lipinski definition) is 2. The van der Waals surface area contributed by atoms with Crippen molar-refractivity contribution in [1.82, 2.24) is 4.90 Å². The van der Waals surface area contributed by atoms with Crippen LogP contribution in [-0.2, 0) is 0 Å². The zero-order valence-electron chi connectivity index (χ0n) is 11.6. The topological polar surface area (TPSA) is 23.5 Å². The molecule has 0 aliphatic carbocycles. The van der Waals surface area contributed by atoms with E-state index in [1.807, 2.05) is 24.3 Å². The molecule has 102 valence electrons. The highest BCUT2D eigenvalue weighted by Crippen LogP contribution is 2.20. The van der Waals surface area contributed by atoms with Gasteiger partial charge in [-0.2, -0.15) is 0 Å². The second-order valence-corrected chi connectivity index (χ2v) is 5.66. The van der Waals surface area contributed by atoms with Crippen molar-refractivity contribution in [2.24, 2.45) is 0 Å². The van der Waals surface area contributed by atoms with E-state index in [4.69, 9.17) is 0 Å². The van der Waals surface area contributed by atoms with Crippen LogP contribution in [0.25, 0.3) is 0 Å². The zero-order valence-corrected chi connectivity index (χ0v) is 13.2. The number of halogens is 1. The standard InChI is InChI=1S/C15H24BrNO/c1-4-12(3)17(5-2)11-10-15(18)13-6-8-14(16)9-7-13/h6-9,12,15,18H,4-5,10-11H2,1-3H3. The molecule has 1 aromatic carbocycles. The molecular formula is C15H24BrNO. The molecule has 0 aromatic heterocycles. The first-order chi connectivity index (χ1) is 8.58. The maximum Gasteiger partial charge on any atom is 0.0802 e. The minimum atomic E-state index is -0.365. The number of hydrogen-bond donors (Lipinski definition) is 1. The molecule has 0 heterocycles. The minimum Gasteiger partial charge on any atom is -0.388 e. The first kappa shape index (κ1) is 15.7. The SMILES string of the molecule is CCC(C)N(CC)CCC(O)c1ccc(Br)cc1. The van der Waals surface area contributed by atoms with E-state index in [1.165, 1.54) is 0 Å². The quantitative estimate of drug-likeness (QED) is 0.822. The van der Waals surface area contributed by atoms with Gasteiger partial charge >= 0.3 is 0 Å². The predicted octanol–water partition coefficient (Wildman–Crippen LogP) is 3.99. The first-order valence-electron chi connectivity index (χ1n) is 6.76. The Morgan fingerprint density at radius 3 is 2.33 bits per heavy atom. The summed E-state index contributed by atoms with van der Waals surface area (Å²) < 4.78 is 1.05. The molecule has 2 atom stereocenters. The van der Waals surface area contributed by atoms with E-state index < -0.39 is 0 Å². The normalized spacial score (nSPS) is 14.8. The van der Waals surface area contributed by atoms with E-state index in [2.05, 4.69) is 41.6 Å². The summed E-state index contributed by atoms with van der Waals surface area (Å²) in [5.41, 5.74) is 0.999. The molecule has 0 spiro atoms. The molecule has 0 aliphatic heterocycles. The molecule has 0 bridgehead atoms. The monoisotopic (exact) mass is 313 g/mol. The molecule has 3 heteroatoms. The lowest BCUT2D eigenvalue weighted by Gasteiger charge is -2.27. The van der Waals surface area contributed by atoms with Crippen molar-refractivity contribution in [3.05, 3.63) is 34.3 Å². The average molecular weight is 314 g/mol. The number of aliphatic hydroxyl groups excluding tert-OH is 1. The minimum absolute atomic E-state index is 0.365. The number of benzene rings is 1. The first-order valence-corrected chi connectivity index (χ1v) is 7.55. The number of aliphatic hydroxyl groups is 1. The van der Waals surface area contributed by atoms with Gasteiger partial charge in [-0.3, -0.25) is 0 Å². The van der Waals surface area contributed by atoms with Crippen LogP contribution in [0.15, 0.2) is 28.7 Å². The highest BCUT2D eigenvalue weighted by atomic mass is 79.9. The molecule has 18 heavy (non-hydrogen) atoms. The maximum absolute atomic E-state index is 10.2. The molecule has 1 aromatic rings. The van der Waals surface area contributed by atoms with Crippen molar-refractivity contribution in [1.29, 1.82) is 0 Å². The molecule has 0 saturated carbocycles. The van der Waals surface area contributed by atoms with E-state index in [-0.39, 0.29) is 6.10 Å². The summed E-state index contributed by atoms with van der Waals surface area (Å²) in [7, 11) is 0. The Morgan fingerprint density at radius 2 is 1.83 bits per heavy atom. The third-order valence-corrected chi connectivity index (χ3v) is 4.09. The Hall–Kier alpha value is -0.380. The highest BCUT2D eigenvalue weighted by Gasteiger charge is 2.13. The van der Waals surface area contributed by atoms with Crippen LogP contribution in [0.5, 0.6) is 0 Å². The van der Waals surface area contributed by atoms with Gasteiger partial charge in [0.15, 0.2) is 0 Å². The van der Waals surface area contributed by atoms with Gasteiger partial charge in [-0.15, -0.1) is 0 Å².